The Morgan fingerprint density at radius 2 is 2.17 bits per heavy atom. The number of aliphatic imine (C=N–C) groups is 1. The van der Waals surface area contributed by atoms with Crippen molar-refractivity contribution in [3.63, 3.8) is 0 Å². The molecule has 0 amide bonds. The second kappa shape index (κ2) is 3.15. The van der Waals surface area contributed by atoms with E-state index in [9.17, 15) is 0 Å². The van der Waals surface area contributed by atoms with E-state index in [2.05, 4.69) is 4.99 Å². The topological polar surface area (TPSA) is 21.6 Å². The van der Waals surface area contributed by atoms with Gasteiger partial charge < -0.3 is 4.74 Å². The van der Waals surface area contributed by atoms with E-state index in [-0.39, 0.29) is 0 Å². The van der Waals surface area contributed by atoms with Gasteiger partial charge in [-0.05, 0) is 12.1 Å². The van der Waals surface area contributed by atoms with Gasteiger partial charge in [0.15, 0.2) is 0 Å². The standard InChI is InChI=1S/C9H8ClNO/c10-8-4-2-1-3-7(8)9-11-5-6-12-9/h1-4H,5-6H2. The minimum atomic E-state index is 0.667. The molecule has 1 aromatic rings. The molecule has 0 N–H and O–H groups in total. The second-order valence-corrected chi connectivity index (χ2v) is 2.92. The van der Waals surface area contributed by atoms with Crippen LogP contribution in [0.2, 0.25) is 5.02 Å². The molecule has 0 saturated heterocycles. The van der Waals surface area contributed by atoms with E-state index < -0.39 is 0 Å². The van der Waals surface area contributed by atoms with Crippen LogP contribution in [0.1, 0.15) is 5.56 Å². The zero-order valence-electron chi connectivity index (χ0n) is 6.46. The van der Waals surface area contributed by atoms with Crippen LogP contribution >= 0.6 is 11.6 Å². The minimum Gasteiger partial charge on any atom is -0.475 e. The van der Waals surface area contributed by atoms with Crippen molar-refractivity contribution in [2.75, 3.05) is 13.2 Å². The molecular weight excluding hydrogens is 174 g/mol. The molecule has 0 radical (unpaired) electrons. The summed E-state index contributed by atoms with van der Waals surface area (Å²) >= 11 is 5.94. The van der Waals surface area contributed by atoms with Crippen LogP contribution in [0.25, 0.3) is 0 Å². The smallest absolute Gasteiger partial charge is 0.217 e. The van der Waals surface area contributed by atoms with Crippen LogP contribution in [-0.2, 0) is 4.74 Å². The summed E-state index contributed by atoms with van der Waals surface area (Å²) in [6, 6.07) is 7.56. The molecule has 0 spiro atoms. The predicted octanol–water partition coefficient (Wildman–Crippen LogP) is 2.12. The lowest BCUT2D eigenvalue weighted by Crippen LogP contribution is -2.01. The third kappa shape index (κ3) is 1.30. The number of halogens is 1. The summed E-state index contributed by atoms with van der Waals surface area (Å²) in [6.07, 6.45) is 0. The summed E-state index contributed by atoms with van der Waals surface area (Å²) in [5, 5.41) is 0.693. The van der Waals surface area contributed by atoms with Gasteiger partial charge in [-0.15, -0.1) is 0 Å². The molecule has 12 heavy (non-hydrogen) atoms. The average molecular weight is 182 g/mol. The van der Waals surface area contributed by atoms with Gasteiger partial charge in [0.05, 0.1) is 17.1 Å². The molecule has 2 nitrogen and oxygen atoms in total. The maximum atomic E-state index is 5.94. The normalized spacial score (nSPS) is 15.6. The highest BCUT2D eigenvalue weighted by atomic mass is 35.5. The highest BCUT2D eigenvalue weighted by Crippen LogP contribution is 2.17. The van der Waals surface area contributed by atoms with Crippen molar-refractivity contribution in [1.82, 2.24) is 0 Å². The van der Waals surface area contributed by atoms with E-state index in [4.69, 9.17) is 16.3 Å². The van der Waals surface area contributed by atoms with Gasteiger partial charge in [0.1, 0.15) is 6.61 Å². The van der Waals surface area contributed by atoms with Crippen LogP contribution in [-0.4, -0.2) is 19.0 Å². The number of hydrogen-bond donors (Lipinski definition) is 0. The zero-order valence-corrected chi connectivity index (χ0v) is 7.21. The highest BCUT2D eigenvalue weighted by molar-refractivity contribution is 6.33. The van der Waals surface area contributed by atoms with E-state index in [1.165, 1.54) is 0 Å². The van der Waals surface area contributed by atoms with Gasteiger partial charge >= 0.3 is 0 Å². The summed E-state index contributed by atoms with van der Waals surface area (Å²) < 4.78 is 5.29. The van der Waals surface area contributed by atoms with Crippen molar-refractivity contribution in [3.8, 4) is 0 Å². The van der Waals surface area contributed by atoms with Crippen molar-refractivity contribution in [2.24, 2.45) is 4.99 Å². The molecule has 0 atom stereocenters. The third-order valence-electron chi connectivity index (χ3n) is 1.69. The van der Waals surface area contributed by atoms with E-state index in [1.54, 1.807) is 0 Å². The maximum Gasteiger partial charge on any atom is 0.217 e. The van der Waals surface area contributed by atoms with E-state index in [0.717, 1.165) is 12.1 Å². The van der Waals surface area contributed by atoms with Gasteiger partial charge in [-0.25, -0.2) is 4.99 Å². The molecule has 0 aliphatic carbocycles. The fraction of sp³-hybridized carbons (Fsp3) is 0.222. The molecule has 0 fully saturated rings. The third-order valence-corrected chi connectivity index (χ3v) is 2.02. The number of hydrogen-bond acceptors (Lipinski definition) is 2. The summed E-state index contributed by atoms with van der Waals surface area (Å²) in [7, 11) is 0. The molecule has 1 aliphatic heterocycles. The van der Waals surface area contributed by atoms with Crippen molar-refractivity contribution < 1.29 is 4.74 Å². The van der Waals surface area contributed by atoms with Crippen LogP contribution in [0, 0.1) is 0 Å². The molecule has 1 aliphatic rings. The van der Waals surface area contributed by atoms with Crippen molar-refractivity contribution in [3.05, 3.63) is 34.9 Å². The lowest BCUT2D eigenvalue weighted by atomic mass is 10.2. The summed E-state index contributed by atoms with van der Waals surface area (Å²) in [5.41, 5.74) is 0.886. The average Bonchev–Trinajstić information content (AvgIpc) is 2.57. The highest BCUT2D eigenvalue weighted by Gasteiger charge is 2.12. The maximum absolute atomic E-state index is 5.94. The minimum absolute atomic E-state index is 0.667. The SMILES string of the molecule is Clc1ccccc1C1=NCCO1. The number of rotatable bonds is 1. The summed E-state index contributed by atoms with van der Waals surface area (Å²) in [4.78, 5) is 4.18. The van der Waals surface area contributed by atoms with Gasteiger partial charge in [-0.3, -0.25) is 0 Å². The first-order valence-electron chi connectivity index (χ1n) is 3.80. The Hall–Kier alpha value is -1.02. The van der Waals surface area contributed by atoms with Crippen molar-refractivity contribution >= 4 is 17.5 Å². The largest absolute Gasteiger partial charge is 0.475 e. The van der Waals surface area contributed by atoms with Crippen LogP contribution in [0.5, 0.6) is 0 Å². The lowest BCUT2D eigenvalue weighted by Gasteiger charge is -2.02. The van der Waals surface area contributed by atoms with Gasteiger partial charge in [0, 0.05) is 0 Å². The molecule has 2 rings (SSSR count). The molecule has 3 heteroatoms. The first-order valence-corrected chi connectivity index (χ1v) is 4.18. The van der Waals surface area contributed by atoms with Gasteiger partial charge in [0.25, 0.3) is 0 Å². The lowest BCUT2D eigenvalue weighted by molar-refractivity contribution is 0.348. The Morgan fingerprint density at radius 3 is 2.83 bits per heavy atom. The van der Waals surface area contributed by atoms with Crippen LogP contribution in [0.3, 0.4) is 0 Å². The molecule has 0 bridgehead atoms. The second-order valence-electron chi connectivity index (χ2n) is 2.52. The first-order chi connectivity index (χ1) is 5.88. The Bertz CT molecular complexity index is 322. The molecule has 0 saturated carbocycles. The van der Waals surface area contributed by atoms with Crippen molar-refractivity contribution in [2.45, 2.75) is 0 Å². The molecular formula is C9H8ClNO. The first kappa shape index (κ1) is 7.62. The van der Waals surface area contributed by atoms with Crippen LogP contribution < -0.4 is 0 Å². The Labute approximate surface area is 75.8 Å². The van der Waals surface area contributed by atoms with Crippen LogP contribution in [0.4, 0.5) is 0 Å². The quantitative estimate of drug-likeness (QED) is 0.651. The molecule has 0 aromatic heterocycles. The zero-order chi connectivity index (χ0) is 8.39. The summed E-state index contributed by atoms with van der Waals surface area (Å²) in [6.45, 7) is 1.40. The Kier molecular flexibility index (Phi) is 2.00. The molecule has 1 heterocycles. The Balaban J connectivity index is 2.39. The molecule has 0 unspecified atom stereocenters. The number of benzene rings is 1. The Morgan fingerprint density at radius 1 is 1.33 bits per heavy atom. The molecule has 1 aromatic carbocycles. The van der Waals surface area contributed by atoms with E-state index >= 15 is 0 Å². The van der Waals surface area contributed by atoms with Crippen LogP contribution in [0.15, 0.2) is 29.3 Å². The molecule has 62 valence electrons. The number of ether oxygens (including phenoxy) is 1. The van der Waals surface area contributed by atoms with Gasteiger partial charge in [-0.2, -0.15) is 0 Å². The van der Waals surface area contributed by atoms with E-state index in [1.807, 2.05) is 24.3 Å². The predicted molar refractivity (Wildman–Crippen MR) is 48.8 cm³/mol. The van der Waals surface area contributed by atoms with E-state index in [0.29, 0.717) is 17.5 Å². The van der Waals surface area contributed by atoms with Crippen molar-refractivity contribution in [1.29, 1.82) is 0 Å². The van der Waals surface area contributed by atoms with Gasteiger partial charge in [-0.1, -0.05) is 23.7 Å². The monoisotopic (exact) mass is 181 g/mol. The fourth-order valence-electron chi connectivity index (χ4n) is 1.13. The number of nitrogens with zero attached hydrogens (tertiary/aromatic N) is 1. The van der Waals surface area contributed by atoms with Gasteiger partial charge in [0.2, 0.25) is 5.90 Å². The summed E-state index contributed by atoms with van der Waals surface area (Å²) in [5.74, 6) is 0.667. The fourth-order valence-corrected chi connectivity index (χ4v) is 1.35.